The molecule has 0 radical (unpaired) electrons. The number of rotatable bonds is 6. The van der Waals surface area contributed by atoms with Crippen molar-refractivity contribution in [2.24, 2.45) is 0 Å². The number of hydrogen-bond acceptors (Lipinski definition) is 3. The first kappa shape index (κ1) is 20.8. The molecule has 0 bridgehead atoms. The van der Waals surface area contributed by atoms with Crippen molar-refractivity contribution in [3.63, 3.8) is 0 Å². The topological polar surface area (TPSA) is 44.3 Å². The second-order valence-electron chi connectivity index (χ2n) is 4.92. The maximum Gasteiger partial charge on any atom is 0.0836 e. The Balaban J connectivity index is 0. The van der Waals surface area contributed by atoms with E-state index in [-0.39, 0.29) is 30.9 Å². The van der Waals surface area contributed by atoms with Crippen molar-refractivity contribution in [1.82, 2.24) is 5.32 Å². The minimum Gasteiger partial charge on any atom is -0.390 e. The molecule has 1 aromatic carbocycles. The standard InChI is InChI=1S/C14H24N2O.2ClH/c1-10(2)15-8-13(17)9-16-14-7-11(3)5-6-12(14)4;;/h5-7,10,13,15-17H,8-9H2,1-4H3;2*1H. The maximum atomic E-state index is 9.79. The van der Waals surface area contributed by atoms with Gasteiger partial charge in [0.25, 0.3) is 0 Å². The molecule has 0 aliphatic heterocycles. The molecule has 0 spiro atoms. The van der Waals surface area contributed by atoms with Crippen LogP contribution in [-0.2, 0) is 0 Å². The fraction of sp³-hybridized carbons (Fsp3) is 0.571. The molecule has 1 aromatic rings. The van der Waals surface area contributed by atoms with Gasteiger partial charge in [0.15, 0.2) is 0 Å². The monoisotopic (exact) mass is 308 g/mol. The van der Waals surface area contributed by atoms with Gasteiger partial charge >= 0.3 is 0 Å². The average Bonchev–Trinajstić information content (AvgIpc) is 2.27. The summed E-state index contributed by atoms with van der Waals surface area (Å²) >= 11 is 0. The van der Waals surface area contributed by atoms with Crippen molar-refractivity contribution in [2.45, 2.75) is 39.8 Å². The first-order valence-corrected chi connectivity index (χ1v) is 6.21. The molecular weight excluding hydrogens is 283 g/mol. The van der Waals surface area contributed by atoms with Crippen molar-refractivity contribution in [2.75, 3.05) is 18.4 Å². The Morgan fingerprint density at radius 2 is 1.74 bits per heavy atom. The molecule has 3 nitrogen and oxygen atoms in total. The van der Waals surface area contributed by atoms with Gasteiger partial charge in [0.1, 0.15) is 0 Å². The molecule has 1 unspecified atom stereocenters. The Labute approximate surface area is 129 Å². The zero-order valence-electron chi connectivity index (χ0n) is 12.1. The summed E-state index contributed by atoms with van der Waals surface area (Å²) in [6, 6.07) is 6.70. The van der Waals surface area contributed by atoms with E-state index in [1.54, 1.807) is 0 Å². The third-order valence-corrected chi connectivity index (χ3v) is 2.68. The van der Waals surface area contributed by atoms with E-state index in [1.165, 1.54) is 11.1 Å². The molecule has 19 heavy (non-hydrogen) atoms. The normalized spacial score (nSPS) is 11.5. The molecule has 0 saturated heterocycles. The van der Waals surface area contributed by atoms with Gasteiger partial charge < -0.3 is 15.7 Å². The van der Waals surface area contributed by atoms with E-state index in [1.807, 2.05) is 0 Å². The van der Waals surface area contributed by atoms with Crippen molar-refractivity contribution < 1.29 is 5.11 Å². The Morgan fingerprint density at radius 1 is 1.11 bits per heavy atom. The van der Waals surface area contributed by atoms with Crippen LogP contribution in [0.15, 0.2) is 18.2 Å². The van der Waals surface area contributed by atoms with Crippen molar-refractivity contribution >= 4 is 30.5 Å². The van der Waals surface area contributed by atoms with E-state index in [2.05, 4.69) is 56.5 Å². The summed E-state index contributed by atoms with van der Waals surface area (Å²) in [5, 5.41) is 16.3. The maximum absolute atomic E-state index is 9.79. The molecule has 1 rings (SSSR count). The Hall–Kier alpha value is -0.480. The number of halogens is 2. The highest BCUT2D eigenvalue weighted by atomic mass is 35.5. The second-order valence-corrected chi connectivity index (χ2v) is 4.92. The largest absolute Gasteiger partial charge is 0.390 e. The summed E-state index contributed by atoms with van der Waals surface area (Å²) in [5.41, 5.74) is 3.54. The summed E-state index contributed by atoms with van der Waals surface area (Å²) in [6.45, 7) is 9.48. The summed E-state index contributed by atoms with van der Waals surface area (Å²) in [7, 11) is 0. The molecule has 0 saturated carbocycles. The van der Waals surface area contributed by atoms with Crippen molar-refractivity contribution in [3.8, 4) is 0 Å². The minimum atomic E-state index is -0.364. The SMILES string of the molecule is Cc1ccc(C)c(NCC(O)CNC(C)C)c1.Cl.Cl. The van der Waals surface area contributed by atoms with Gasteiger partial charge in [0.05, 0.1) is 6.10 Å². The van der Waals surface area contributed by atoms with Gasteiger partial charge in [-0.2, -0.15) is 0 Å². The molecule has 0 aromatic heterocycles. The minimum absolute atomic E-state index is 0. The van der Waals surface area contributed by atoms with Crippen LogP contribution in [0.2, 0.25) is 0 Å². The van der Waals surface area contributed by atoms with Crippen LogP contribution < -0.4 is 10.6 Å². The van der Waals surface area contributed by atoms with Crippen LogP contribution in [0.4, 0.5) is 5.69 Å². The number of aliphatic hydroxyl groups is 1. The fourth-order valence-electron chi connectivity index (χ4n) is 1.60. The van der Waals surface area contributed by atoms with Gasteiger partial charge in [0, 0.05) is 24.8 Å². The predicted molar refractivity (Wildman–Crippen MR) is 88.0 cm³/mol. The van der Waals surface area contributed by atoms with E-state index in [0.29, 0.717) is 19.1 Å². The Bertz CT molecular complexity index is 359. The highest BCUT2D eigenvalue weighted by Crippen LogP contribution is 2.15. The smallest absolute Gasteiger partial charge is 0.0836 e. The average molecular weight is 309 g/mol. The van der Waals surface area contributed by atoms with Gasteiger partial charge in [-0.25, -0.2) is 0 Å². The van der Waals surface area contributed by atoms with Crippen molar-refractivity contribution in [1.29, 1.82) is 0 Å². The van der Waals surface area contributed by atoms with Gasteiger partial charge in [0.2, 0.25) is 0 Å². The number of aryl methyl sites for hydroxylation is 2. The molecule has 0 fully saturated rings. The van der Waals surface area contributed by atoms with E-state index >= 15 is 0 Å². The molecule has 0 amide bonds. The van der Waals surface area contributed by atoms with Gasteiger partial charge in [-0.1, -0.05) is 26.0 Å². The molecule has 1 atom stereocenters. The number of anilines is 1. The summed E-state index contributed by atoms with van der Waals surface area (Å²) in [4.78, 5) is 0. The zero-order chi connectivity index (χ0) is 12.8. The van der Waals surface area contributed by atoms with Crippen LogP contribution in [0.1, 0.15) is 25.0 Å². The van der Waals surface area contributed by atoms with E-state index in [0.717, 1.165) is 5.69 Å². The predicted octanol–water partition coefficient (Wildman–Crippen LogP) is 2.92. The molecule has 0 aliphatic rings. The summed E-state index contributed by atoms with van der Waals surface area (Å²) in [6.07, 6.45) is -0.364. The van der Waals surface area contributed by atoms with Crippen LogP contribution in [0.25, 0.3) is 0 Å². The number of hydrogen-bond donors (Lipinski definition) is 3. The van der Waals surface area contributed by atoms with E-state index in [4.69, 9.17) is 0 Å². The highest BCUT2D eigenvalue weighted by molar-refractivity contribution is 5.85. The quantitative estimate of drug-likeness (QED) is 0.757. The molecular formula is C14H26Cl2N2O. The number of aliphatic hydroxyl groups excluding tert-OH is 1. The lowest BCUT2D eigenvalue weighted by Crippen LogP contribution is -2.35. The highest BCUT2D eigenvalue weighted by Gasteiger charge is 2.05. The van der Waals surface area contributed by atoms with Crippen LogP contribution in [0.3, 0.4) is 0 Å². The molecule has 112 valence electrons. The van der Waals surface area contributed by atoms with Crippen LogP contribution in [0, 0.1) is 13.8 Å². The number of benzene rings is 1. The lowest BCUT2D eigenvalue weighted by atomic mass is 10.1. The lowest BCUT2D eigenvalue weighted by molar-refractivity contribution is 0.181. The Kier molecular flexibility index (Phi) is 11.3. The van der Waals surface area contributed by atoms with Crippen LogP contribution >= 0.6 is 24.8 Å². The van der Waals surface area contributed by atoms with Crippen LogP contribution in [-0.4, -0.2) is 30.3 Å². The lowest BCUT2D eigenvalue weighted by Gasteiger charge is -2.16. The third kappa shape index (κ3) is 8.32. The Morgan fingerprint density at radius 3 is 2.32 bits per heavy atom. The second kappa shape index (κ2) is 10.3. The zero-order valence-corrected chi connectivity index (χ0v) is 13.7. The van der Waals surface area contributed by atoms with E-state index in [9.17, 15) is 5.11 Å². The number of nitrogens with one attached hydrogen (secondary N) is 2. The summed E-state index contributed by atoms with van der Waals surface area (Å²) < 4.78 is 0. The third-order valence-electron chi connectivity index (χ3n) is 2.68. The molecule has 3 N–H and O–H groups in total. The van der Waals surface area contributed by atoms with Gasteiger partial charge in [-0.05, 0) is 31.0 Å². The molecule has 0 aliphatic carbocycles. The van der Waals surface area contributed by atoms with Gasteiger partial charge in [-0.3, -0.25) is 0 Å². The fourth-order valence-corrected chi connectivity index (χ4v) is 1.60. The first-order chi connectivity index (χ1) is 7.99. The van der Waals surface area contributed by atoms with E-state index < -0.39 is 0 Å². The van der Waals surface area contributed by atoms with Gasteiger partial charge in [-0.15, -0.1) is 24.8 Å². The summed E-state index contributed by atoms with van der Waals surface area (Å²) in [5.74, 6) is 0. The van der Waals surface area contributed by atoms with Crippen molar-refractivity contribution in [3.05, 3.63) is 29.3 Å². The molecule has 0 heterocycles. The molecule has 5 heteroatoms. The first-order valence-electron chi connectivity index (χ1n) is 6.21. The van der Waals surface area contributed by atoms with Crippen LogP contribution in [0.5, 0.6) is 0 Å².